The number of amides is 1. The first-order valence-electron chi connectivity index (χ1n) is 8.05. The van der Waals surface area contributed by atoms with Crippen LogP contribution < -0.4 is 10.6 Å². The van der Waals surface area contributed by atoms with Crippen molar-refractivity contribution in [3.05, 3.63) is 59.2 Å². The van der Waals surface area contributed by atoms with Crippen LogP contribution in [0.2, 0.25) is 0 Å². The largest absolute Gasteiger partial charge is 0.352 e. The van der Waals surface area contributed by atoms with Crippen molar-refractivity contribution in [2.24, 2.45) is 0 Å². The van der Waals surface area contributed by atoms with Gasteiger partial charge in [-0.05, 0) is 36.7 Å². The van der Waals surface area contributed by atoms with Crippen LogP contribution in [0.25, 0.3) is 22.2 Å². The highest BCUT2D eigenvalue weighted by Crippen LogP contribution is 2.37. The van der Waals surface area contributed by atoms with Crippen LogP contribution in [0.1, 0.15) is 21.5 Å². The summed E-state index contributed by atoms with van der Waals surface area (Å²) in [6.07, 6.45) is 0.615. The molecule has 1 aromatic heterocycles. The Labute approximate surface area is 139 Å². The van der Waals surface area contributed by atoms with E-state index in [1.165, 1.54) is 0 Å². The smallest absolute Gasteiger partial charge is 0.251 e. The van der Waals surface area contributed by atoms with Gasteiger partial charge < -0.3 is 10.6 Å². The molecule has 4 nitrogen and oxygen atoms in total. The van der Waals surface area contributed by atoms with Crippen LogP contribution in [0.4, 0.5) is 4.48 Å². The Kier molecular flexibility index (Phi) is 3.58. The van der Waals surface area contributed by atoms with Crippen molar-refractivity contribution in [3.8, 4) is 11.3 Å². The van der Waals surface area contributed by atoms with Gasteiger partial charge in [-0.15, -0.1) is 0 Å². The van der Waals surface area contributed by atoms with Crippen molar-refractivity contribution < 1.29 is 9.28 Å². The zero-order valence-corrected chi connectivity index (χ0v) is 13.4. The first-order valence-corrected chi connectivity index (χ1v) is 8.05. The van der Waals surface area contributed by atoms with Crippen LogP contribution in [0.3, 0.4) is 0 Å². The number of rotatable bonds is 3. The molecule has 2 heterocycles. The van der Waals surface area contributed by atoms with Gasteiger partial charge in [0.05, 0.1) is 11.2 Å². The molecule has 1 amide bonds. The molecule has 0 spiro atoms. The van der Waals surface area contributed by atoms with Gasteiger partial charge in [0.2, 0.25) is 0 Å². The summed E-state index contributed by atoms with van der Waals surface area (Å²) in [6, 6.07) is 13.1. The summed E-state index contributed by atoms with van der Waals surface area (Å²) in [5.74, 6) is -0.138. The van der Waals surface area contributed by atoms with Crippen LogP contribution >= 0.6 is 0 Å². The van der Waals surface area contributed by atoms with Crippen molar-refractivity contribution in [1.82, 2.24) is 15.4 Å². The highest BCUT2D eigenvalue weighted by Gasteiger charge is 2.25. The topological polar surface area (TPSA) is 46.1 Å². The molecule has 1 aliphatic heterocycles. The number of benzene rings is 2. The second-order valence-corrected chi connectivity index (χ2v) is 6.04. The molecule has 0 saturated carbocycles. The Bertz CT molecular complexity index is 928. The van der Waals surface area contributed by atoms with Crippen LogP contribution in [0.5, 0.6) is 0 Å². The van der Waals surface area contributed by atoms with Gasteiger partial charge in [0.25, 0.3) is 5.91 Å². The molecule has 5 heteroatoms. The Balaban J connectivity index is 1.95. The second-order valence-electron chi connectivity index (χ2n) is 6.04. The van der Waals surface area contributed by atoms with Gasteiger partial charge in [0.15, 0.2) is 0 Å². The van der Waals surface area contributed by atoms with E-state index in [-0.39, 0.29) is 5.91 Å². The maximum absolute atomic E-state index is 15.1. The lowest BCUT2D eigenvalue weighted by molar-refractivity contribution is 0.0957. The Hall–Kier alpha value is -2.66. The summed E-state index contributed by atoms with van der Waals surface area (Å²) in [6.45, 7) is 1.28. The molecule has 0 saturated heterocycles. The minimum Gasteiger partial charge on any atom is -0.352 e. The summed E-state index contributed by atoms with van der Waals surface area (Å²) in [7, 11) is 1.90. The lowest BCUT2D eigenvalue weighted by Crippen LogP contribution is -2.23. The van der Waals surface area contributed by atoms with Crippen LogP contribution in [-0.4, -0.2) is 24.3 Å². The van der Waals surface area contributed by atoms with E-state index >= 15 is 4.48 Å². The van der Waals surface area contributed by atoms with Gasteiger partial charge in [-0.3, -0.25) is 4.79 Å². The molecule has 3 aromatic rings. The molecular weight excluding hydrogens is 305 g/mol. The standard InChI is InChI=1S/C19H18FN3O/c1-21-11-12-5-7-13(8-6-12)18-14-9-10-22-19(24)15-3-2-4-16(17(14)15)23(18)20/h2-8,21H,9-11H2,1H3,(H,22,24). The molecule has 0 fully saturated rings. The Morgan fingerprint density at radius 2 is 2.00 bits per heavy atom. The lowest BCUT2D eigenvalue weighted by atomic mass is 10.00. The molecule has 4 rings (SSSR count). The molecule has 0 bridgehead atoms. The van der Waals surface area contributed by atoms with Crippen molar-refractivity contribution in [3.63, 3.8) is 0 Å². The fourth-order valence-corrected chi connectivity index (χ4v) is 3.48. The molecule has 122 valence electrons. The minimum atomic E-state index is -0.138. The molecule has 0 radical (unpaired) electrons. The van der Waals surface area contributed by atoms with E-state index in [9.17, 15) is 4.79 Å². The monoisotopic (exact) mass is 323 g/mol. The molecule has 0 aliphatic carbocycles. The average molecular weight is 323 g/mol. The number of carbonyl (C=O) groups is 1. The van der Waals surface area contributed by atoms with E-state index < -0.39 is 0 Å². The molecule has 0 unspecified atom stereocenters. The third kappa shape index (κ3) is 2.20. The SMILES string of the molecule is CNCc1ccc(-c2c3c4c(cccc4n2F)C(=O)NCC3)cc1. The summed E-state index contributed by atoms with van der Waals surface area (Å²) in [4.78, 5) is 12.9. The predicted molar refractivity (Wildman–Crippen MR) is 92.7 cm³/mol. The fourth-order valence-electron chi connectivity index (χ4n) is 3.48. The van der Waals surface area contributed by atoms with E-state index in [4.69, 9.17) is 0 Å². The van der Waals surface area contributed by atoms with Crippen LogP contribution in [0, 0.1) is 0 Å². The van der Waals surface area contributed by atoms with Gasteiger partial charge in [0.1, 0.15) is 0 Å². The van der Waals surface area contributed by atoms with E-state index in [0.717, 1.165) is 33.4 Å². The van der Waals surface area contributed by atoms with Crippen molar-refractivity contribution in [2.45, 2.75) is 13.0 Å². The Morgan fingerprint density at radius 1 is 1.21 bits per heavy atom. The van der Waals surface area contributed by atoms with E-state index in [1.807, 2.05) is 31.3 Å². The van der Waals surface area contributed by atoms with E-state index in [1.54, 1.807) is 18.2 Å². The second kappa shape index (κ2) is 5.76. The number of aromatic nitrogens is 1. The van der Waals surface area contributed by atoms with E-state index in [0.29, 0.717) is 29.7 Å². The third-order valence-corrected chi connectivity index (χ3v) is 4.55. The number of halogens is 1. The highest BCUT2D eigenvalue weighted by molar-refractivity contribution is 6.10. The van der Waals surface area contributed by atoms with Gasteiger partial charge in [-0.2, -0.15) is 4.79 Å². The zero-order chi connectivity index (χ0) is 16.7. The third-order valence-electron chi connectivity index (χ3n) is 4.55. The maximum Gasteiger partial charge on any atom is 0.251 e. The van der Waals surface area contributed by atoms with Crippen molar-refractivity contribution in [2.75, 3.05) is 13.6 Å². The number of hydrogen-bond acceptors (Lipinski definition) is 2. The molecule has 2 aromatic carbocycles. The summed E-state index contributed by atoms with van der Waals surface area (Å²) < 4.78 is 15.1. The Morgan fingerprint density at radius 3 is 2.75 bits per heavy atom. The maximum atomic E-state index is 15.1. The molecular formula is C19H18FN3O. The van der Waals surface area contributed by atoms with Gasteiger partial charge >= 0.3 is 0 Å². The number of hydrogen-bond donors (Lipinski definition) is 2. The van der Waals surface area contributed by atoms with Crippen LogP contribution in [0.15, 0.2) is 42.5 Å². The quantitative estimate of drug-likeness (QED) is 0.778. The van der Waals surface area contributed by atoms with E-state index in [2.05, 4.69) is 10.6 Å². The van der Waals surface area contributed by atoms with Gasteiger partial charge in [-0.25, -0.2) is 0 Å². The summed E-state index contributed by atoms with van der Waals surface area (Å²) in [5.41, 5.74) is 4.40. The highest BCUT2D eigenvalue weighted by atomic mass is 19.2. The normalized spacial score (nSPS) is 13.8. The first-order chi connectivity index (χ1) is 11.7. The average Bonchev–Trinajstić information content (AvgIpc) is 2.77. The van der Waals surface area contributed by atoms with Crippen molar-refractivity contribution >= 4 is 16.8 Å². The van der Waals surface area contributed by atoms with Crippen LogP contribution in [-0.2, 0) is 13.0 Å². The summed E-state index contributed by atoms with van der Waals surface area (Å²) in [5, 5.41) is 6.71. The number of carbonyl (C=O) groups excluding carboxylic acids is 1. The fraction of sp³-hybridized carbons (Fsp3) is 0.211. The predicted octanol–water partition coefficient (Wildman–Crippen LogP) is 3.05. The molecule has 2 N–H and O–H groups in total. The lowest BCUT2D eigenvalue weighted by Gasteiger charge is -2.07. The summed E-state index contributed by atoms with van der Waals surface area (Å²) >= 11 is 0. The first kappa shape index (κ1) is 14.9. The number of nitrogens with one attached hydrogen (secondary N) is 2. The van der Waals surface area contributed by atoms with Gasteiger partial charge in [-0.1, -0.05) is 34.8 Å². The molecule has 1 aliphatic rings. The minimum absolute atomic E-state index is 0.138. The van der Waals surface area contributed by atoms with Crippen molar-refractivity contribution in [1.29, 1.82) is 0 Å². The van der Waals surface area contributed by atoms with Gasteiger partial charge in [0, 0.05) is 29.6 Å². The molecule has 24 heavy (non-hydrogen) atoms. The molecule has 0 atom stereocenters. The zero-order valence-electron chi connectivity index (χ0n) is 13.4. The number of nitrogens with zero attached hydrogens (tertiary/aromatic N) is 1.